The van der Waals surface area contributed by atoms with Crippen molar-refractivity contribution >= 4 is 11.8 Å². The Hall–Kier alpha value is -3.60. The molecule has 0 aliphatic heterocycles. The highest BCUT2D eigenvalue weighted by Crippen LogP contribution is 2.26. The van der Waals surface area contributed by atoms with E-state index in [1.165, 1.54) is 0 Å². The summed E-state index contributed by atoms with van der Waals surface area (Å²) < 4.78 is 6.02. The predicted octanol–water partition coefficient (Wildman–Crippen LogP) is 5.36. The first-order chi connectivity index (χ1) is 17.0. The fraction of sp³-hybridized carbons (Fsp3) is 0.333. The van der Waals surface area contributed by atoms with Crippen molar-refractivity contribution in [2.24, 2.45) is 0 Å². The number of amides is 2. The second kappa shape index (κ2) is 13.3. The van der Waals surface area contributed by atoms with Gasteiger partial charge < -0.3 is 15.0 Å². The minimum absolute atomic E-state index is 0.136. The third-order valence-corrected chi connectivity index (χ3v) is 5.91. The molecule has 5 nitrogen and oxygen atoms in total. The molecule has 0 aliphatic rings. The molecule has 5 heteroatoms. The van der Waals surface area contributed by atoms with Crippen LogP contribution >= 0.6 is 0 Å². The molecule has 0 fully saturated rings. The molecule has 0 radical (unpaired) electrons. The Morgan fingerprint density at radius 2 is 1.46 bits per heavy atom. The summed E-state index contributed by atoms with van der Waals surface area (Å²) >= 11 is 0. The van der Waals surface area contributed by atoms with E-state index in [0.717, 1.165) is 23.1 Å². The first-order valence-corrected chi connectivity index (χ1v) is 12.4. The summed E-state index contributed by atoms with van der Waals surface area (Å²) in [4.78, 5) is 28.6. The molecule has 0 unspecified atom stereocenters. The van der Waals surface area contributed by atoms with Gasteiger partial charge in [-0.25, -0.2) is 0 Å². The van der Waals surface area contributed by atoms with Crippen LogP contribution in [-0.4, -0.2) is 35.9 Å². The summed E-state index contributed by atoms with van der Waals surface area (Å²) in [5.74, 6) is 0.598. The van der Waals surface area contributed by atoms with Crippen LogP contribution in [0.5, 0.6) is 5.75 Å². The summed E-state index contributed by atoms with van der Waals surface area (Å²) in [5, 5.41) is 3.00. The van der Waals surface area contributed by atoms with Gasteiger partial charge >= 0.3 is 0 Å². The Labute approximate surface area is 209 Å². The molecule has 0 saturated heterocycles. The Morgan fingerprint density at radius 1 is 0.857 bits per heavy atom. The first-order valence-electron chi connectivity index (χ1n) is 12.4. The van der Waals surface area contributed by atoms with E-state index in [1.807, 2.05) is 91.9 Å². The number of carbonyl (C=O) groups is 2. The number of hydrogen-bond donors (Lipinski definition) is 1. The summed E-state index contributed by atoms with van der Waals surface area (Å²) in [6, 6.07) is 26.7. The van der Waals surface area contributed by atoms with Crippen LogP contribution < -0.4 is 10.1 Å². The van der Waals surface area contributed by atoms with Crippen molar-refractivity contribution in [2.75, 3.05) is 13.2 Å². The van der Waals surface area contributed by atoms with Gasteiger partial charge in [-0.3, -0.25) is 9.59 Å². The molecule has 0 saturated carbocycles. The Bertz CT molecular complexity index is 1070. The molecule has 3 aromatic rings. The highest BCUT2D eigenvalue weighted by atomic mass is 16.5. The number of nitrogens with zero attached hydrogens (tertiary/aromatic N) is 1. The standard InChI is InChI=1S/C30H36N2O3/c1-4-19-31-30(34)27(20-24-13-7-5-8-14-24)32(21-25-15-9-6-10-16-25)29(33)22-35-28-18-12-11-17-26(28)23(2)3/h5-18,23,27H,4,19-22H2,1-3H3,(H,31,34)/t27-/m0/s1. The SMILES string of the molecule is CCCNC(=O)[C@H](Cc1ccccc1)N(Cc1ccccc1)C(=O)COc1ccccc1C(C)C. The normalized spacial score (nSPS) is 11.7. The largest absolute Gasteiger partial charge is 0.483 e. The van der Waals surface area contributed by atoms with Gasteiger partial charge in [-0.2, -0.15) is 0 Å². The molecule has 0 spiro atoms. The zero-order valence-electron chi connectivity index (χ0n) is 20.9. The van der Waals surface area contributed by atoms with Crippen molar-refractivity contribution in [1.29, 1.82) is 0 Å². The zero-order valence-corrected chi connectivity index (χ0v) is 20.9. The van der Waals surface area contributed by atoms with Gasteiger partial charge in [-0.1, -0.05) is 99.6 Å². The molecule has 3 rings (SSSR count). The molecule has 35 heavy (non-hydrogen) atoms. The lowest BCUT2D eigenvalue weighted by molar-refractivity contribution is -0.142. The van der Waals surface area contributed by atoms with E-state index in [4.69, 9.17) is 4.74 Å². The summed E-state index contributed by atoms with van der Waals surface area (Å²) in [5.41, 5.74) is 3.02. The second-order valence-electron chi connectivity index (χ2n) is 8.98. The van der Waals surface area contributed by atoms with E-state index < -0.39 is 6.04 Å². The Kier molecular flexibility index (Phi) is 9.91. The van der Waals surface area contributed by atoms with E-state index in [0.29, 0.717) is 25.3 Å². The van der Waals surface area contributed by atoms with E-state index in [1.54, 1.807) is 4.90 Å². The van der Waals surface area contributed by atoms with E-state index >= 15 is 0 Å². The summed E-state index contributed by atoms with van der Waals surface area (Å²) in [6.07, 6.45) is 1.25. The molecule has 0 bridgehead atoms. The van der Waals surface area contributed by atoms with Crippen LogP contribution in [0.1, 0.15) is 49.8 Å². The maximum Gasteiger partial charge on any atom is 0.261 e. The van der Waals surface area contributed by atoms with Gasteiger partial charge in [0.05, 0.1) is 0 Å². The number of hydrogen-bond acceptors (Lipinski definition) is 3. The third kappa shape index (κ3) is 7.71. The summed E-state index contributed by atoms with van der Waals surface area (Å²) in [6.45, 7) is 6.96. The number of nitrogens with one attached hydrogen (secondary N) is 1. The number of ether oxygens (including phenoxy) is 1. The van der Waals surface area contributed by atoms with E-state index in [9.17, 15) is 9.59 Å². The molecule has 0 heterocycles. The van der Waals surface area contributed by atoms with Gasteiger partial charge in [0.25, 0.3) is 5.91 Å². The van der Waals surface area contributed by atoms with Crippen LogP contribution in [0.4, 0.5) is 0 Å². The second-order valence-corrected chi connectivity index (χ2v) is 8.98. The molecular weight excluding hydrogens is 436 g/mol. The van der Waals surface area contributed by atoms with E-state index in [-0.39, 0.29) is 24.3 Å². The molecule has 0 aromatic heterocycles. The molecule has 1 atom stereocenters. The van der Waals surface area contributed by atoms with Crippen LogP contribution in [0.2, 0.25) is 0 Å². The quantitative estimate of drug-likeness (QED) is 0.386. The third-order valence-electron chi connectivity index (χ3n) is 5.91. The fourth-order valence-corrected chi connectivity index (χ4v) is 4.01. The van der Waals surface area contributed by atoms with Gasteiger partial charge in [0.1, 0.15) is 11.8 Å². The minimum atomic E-state index is -0.652. The number of rotatable bonds is 12. The lowest BCUT2D eigenvalue weighted by atomic mass is 10.0. The van der Waals surface area contributed by atoms with Crippen molar-refractivity contribution in [3.8, 4) is 5.75 Å². The van der Waals surface area contributed by atoms with E-state index in [2.05, 4.69) is 19.2 Å². The molecule has 0 aliphatic carbocycles. The molecular formula is C30H36N2O3. The minimum Gasteiger partial charge on any atom is -0.483 e. The van der Waals surface area contributed by atoms with Crippen molar-refractivity contribution in [3.05, 3.63) is 102 Å². The van der Waals surface area contributed by atoms with Crippen LogP contribution in [0.25, 0.3) is 0 Å². The van der Waals surface area contributed by atoms with Gasteiger partial charge in [0.2, 0.25) is 5.91 Å². The highest BCUT2D eigenvalue weighted by molar-refractivity contribution is 5.88. The van der Waals surface area contributed by atoms with Gasteiger partial charge in [-0.15, -0.1) is 0 Å². The van der Waals surface area contributed by atoms with Crippen molar-refractivity contribution in [2.45, 2.75) is 52.1 Å². The molecule has 2 amide bonds. The van der Waals surface area contributed by atoms with Gasteiger partial charge in [0, 0.05) is 19.5 Å². The topological polar surface area (TPSA) is 58.6 Å². The Morgan fingerprint density at radius 3 is 2.09 bits per heavy atom. The average Bonchev–Trinajstić information content (AvgIpc) is 2.89. The highest BCUT2D eigenvalue weighted by Gasteiger charge is 2.30. The Balaban J connectivity index is 1.89. The molecule has 1 N–H and O–H groups in total. The van der Waals surface area contributed by atoms with Crippen LogP contribution in [-0.2, 0) is 22.6 Å². The smallest absolute Gasteiger partial charge is 0.261 e. The van der Waals surface area contributed by atoms with Gasteiger partial charge in [-0.05, 0) is 35.1 Å². The number of carbonyl (C=O) groups excluding carboxylic acids is 2. The number of para-hydroxylation sites is 1. The first kappa shape index (κ1) is 26.0. The van der Waals surface area contributed by atoms with Crippen molar-refractivity contribution < 1.29 is 14.3 Å². The maximum atomic E-state index is 13.6. The maximum absolute atomic E-state index is 13.6. The molecule has 184 valence electrons. The molecule has 3 aromatic carbocycles. The average molecular weight is 473 g/mol. The lowest BCUT2D eigenvalue weighted by Gasteiger charge is -2.31. The number of benzene rings is 3. The van der Waals surface area contributed by atoms with Gasteiger partial charge in [0.15, 0.2) is 6.61 Å². The van der Waals surface area contributed by atoms with Crippen molar-refractivity contribution in [1.82, 2.24) is 10.2 Å². The van der Waals surface area contributed by atoms with Crippen molar-refractivity contribution in [3.63, 3.8) is 0 Å². The fourth-order valence-electron chi connectivity index (χ4n) is 4.01. The van der Waals surface area contributed by atoms with Crippen LogP contribution in [0.15, 0.2) is 84.9 Å². The lowest BCUT2D eigenvalue weighted by Crippen LogP contribution is -2.51. The summed E-state index contributed by atoms with van der Waals surface area (Å²) in [7, 11) is 0. The van der Waals surface area contributed by atoms with Crippen LogP contribution in [0, 0.1) is 0 Å². The van der Waals surface area contributed by atoms with Crippen LogP contribution in [0.3, 0.4) is 0 Å². The zero-order chi connectivity index (χ0) is 25.0. The predicted molar refractivity (Wildman–Crippen MR) is 140 cm³/mol. The monoisotopic (exact) mass is 472 g/mol.